The van der Waals surface area contributed by atoms with Gasteiger partial charge < -0.3 is 14.4 Å². The van der Waals surface area contributed by atoms with Gasteiger partial charge in [-0.1, -0.05) is 36.7 Å². The molecule has 6 heteroatoms. The molecule has 0 spiro atoms. The maximum atomic E-state index is 12.6. The Morgan fingerprint density at radius 3 is 2.87 bits per heavy atom. The van der Waals surface area contributed by atoms with Gasteiger partial charge in [0.15, 0.2) is 5.82 Å². The minimum absolute atomic E-state index is 0.0658. The Morgan fingerprint density at radius 1 is 1.17 bits per heavy atom. The average molecular weight is 400 g/mol. The van der Waals surface area contributed by atoms with Gasteiger partial charge in [0.2, 0.25) is 5.91 Å². The maximum Gasteiger partial charge on any atom is 0.258 e. The fourth-order valence-corrected chi connectivity index (χ4v) is 4.05. The molecule has 1 saturated heterocycles. The number of aromatic amines is 1. The second-order valence-corrected chi connectivity index (χ2v) is 7.91. The van der Waals surface area contributed by atoms with Gasteiger partial charge in [-0.2, -0.15) is 4.98 Å². The molecule has 30 heavy (non-hydrogen) atoms. The average Bonchev–Trinajstić information content (AvgIpc) is 3.51. The van der Waals surface area contributed by atoms with E-state index in [1.165, 1.54) is 18.4 Å². The topological polar surface area (TPSA) is 75.0 Å². The standard InChI is InChI=1S/C24H24N4O2/c1-2-3-4-16-5-9-20(10-6-16)28-15-19(14-22(28)29)23-26-24(30-27-23)18-8-7-17-11-12-25-21(17)13-18/h5-13,19,25H,2-4,14-15H2,1H3. The summed E-state index contributed by atoms with van der Waals surface area (Å²) in [5.74, 6) is 1.10. The highest BCUT2D eigenvalue weighted by atomic mass is 16.5. The van der Waals surface area contributed by atoms with Crippen LogP contribution in [0.3, 0.4) is 0 Å². The number of amides is 1. The van der Waals surface area contributed by atoms with Crippen LogP contribution in [-0.2, 0) is 11.2 Å². The van der Waals surface area contributed by atoms with Crippen LogP contribution in [-0.4, -0.2) is 27.6 Å². The summed E-state index contributed by atoms with van der Waals surface area (Å²) in [4.78, 5) is 22.3. The summed E-state index contributed by atoms with van der Waals surface area (Å²) in [6.07, 6.45) is 5.74. The summed E-state index contributed by atoms with van der Waals surface area (Å²) in [6.45, 7) is 2.76. The van der Waals surface area contributed by atoms with Crippen molar-refractivity contribution in [1.29, 1.82) is 0 Å². The zero-order valence-corrected chi connectivity index (χ0v) is 17.0. The number of rotatable bonds is 6. The van der Waals surface area contributed by atoms with Crippen molar-refractivity contribution in [2.75, 3.05) is 11.4 Å². The van der Waals surface area contributed by atoms with Crippen LogP contribution < -0.4 is 4.90 Å². The van der Waals surface area contributed by atoms with Crippen LogP contribution in [0, 0.1) is 0 Å². The first-order valence-corrected chi connectivity index (χ1v) is 10.5. The van der Waals surface area contributed by atoms with Gasteiger partial charge in [0, 0.05) is 41.8 Å². The summed E-state index contributed by atoms with van der Waals surface area (Å²) in [7, 11) is 0. The van der Waals surface area contributed by atoms with E-state index in [0.29, 0.717) is 24.7 Å². The molecule has 0 aliphatic carbocycles. The predicted octanol–water partition coefficient (Wildman–Crippen LogP) is 5.08. The van der Waals surface area contributed by atoms with Crippen molar-refractivity contribution in [2.24, 2.45) is 0 Å². The molecule has 4 aromatic rings. The van der Waals surface area contributed by atoms with Gasteiger partial charge in [-0.3, -0.25) is 4.79 Å². The van der Waals surface area contributed by atoms with Crippen LogP contribution in [0.2, 0.25) is 0 Å². The molecule has 1 atom stereocenters. The highest BCUT2D eigenvalue weighted by Gasteiger charge is 2.34. The number of unbranched alkanes of at least 4 members (excludes halogenated alkanes) is 1. The molecule has 1 N–H and O–H groups in total. The molecule has 1 amide bonds. The number of nitrogens with one attached hydrogen (secondary N) is 1. The zero-order chi connectivity index (χ0) is 20.5. The second-order valence-electron chi connectivity index (χ2n) is 7.91. The van der Waals surface area contributed by atoms with Gasteiger partial charge in [0.05, 0.1) is 0 Å². The van der Waals surface area contributed by atoms with E-state index in [0.717, 1.165) is 28.6 Å². The summed E-state index contributed by atoms with van der Waals surface area (Å²) in [6, 6.07) is 16.3. The number of carbonyl (C=O) groups excluding carboxylic acids is 1. The van der Waals surface area contributed by atoms with Crippen LogP contribution in [0.5, 0.6) is 0 Å². The normalized spacial score (nSPS) is 16.6. The second kappa shape index (κ2) is 7.78. The molecule has 2 aromatic carbocycles. The number of anilines is 1. The van der Waals surface area contributed by atoms with Gasteiger partial charge in [0.25, 0.3) is 5.89 Å². The number of hydrogen-bond acceptors (Lipinski definition) is 4. The third-order valence-corrected chi connectivity index (χ3v) is 5.80. The van der Waals surface area contributed by atoms with Crippen molar-refractivity contribution in [3.63, 3.8) is 0 Å². The Morgan fingerprint density at radius 2 is 2.03 bits per heavy atom. The largest absolute Gasteiger partial charge is 0.361 e. The summed E-state index contributed by atoms with van der Waals surface area (Å²) < 4.78 is 5.51. The number of aryl methyl sites for hydroxylation is 1. The number of carbonyl (C=O) groups is 1. The number of benzene rings is 2. The Labute approximate surface area is 174 Å². The van der Waals surface area contributed by atoms with E-state index in [2.05, 4.69) is 34.2 Å². The lowest BCUT2D eigenvalue weighted by Gasteiger charge is -2.16. The van der Waals surface area contributed by atoms with Crippen molar-refractivity contribution in [3.05, 3.63) is 66.1 Å². The Bertz CT molecular complexity index is 1180. The molecule has 1 aliphatic rings. The van der Waals surface area contributed by atoms with Crippen molar-refractivity contribution in [2.45, 2.75) is 38.5 Å². The minimum Gasteiger partial charge on any atom is -0.361 e. The fourth-order valence-electron chi connectivity index (χ4n) is 4.05. The molecular weight excluding hydrogens is 376 g/mol. The fraction of sp³-hybridized carbons (Fsp3) is 0.292. The number of aromatic nitrogens is 3. The molecule has 6 nitrogen and oxygen atoms in total. The monoisotopic (exact) mass is 400 g/mol. The third kappa shape index (κ3) is 3.49. The number of hydrogen-bond donors (Lipinski definition) is 1. The van der Waals surface area contributed by atoms with Gasteiger partial charge in [-0.25, -0.2) is 0 Å². The van der Waals surface area contributed by atoms with E-state index in [1.807, 2.05) is 47.5 Å². The lowest BCUT2D eigenvalue weighted by molar-refractivity contribution is -0.117. The van der Waals surface area contributed by atoms with E-state index in [-0.39, 0.29) is 11.8 Å². The van der Waals surface area contributed by atoms with E-state index in [4.69, 9.17) is 4.52 Å². The van der Waals surface area contributed by atoms with Crippen LogP contribution in [0.1, 0.15) is 43.5 Å². The summed E-state index contributed by atoms with van der Waals surface area (Å²) in [5.41, 5.74) is 4.14. The number of H-pyrrole nitrogens is 1. The lowest BCUT2D eigenvalue weighted by atomic mass is 10.1. The van der Waals surface area contributed by atoms with Crippen LogP contribution in [0.4, 0.5) is 5.69 Å². The lowest BCUT2D eigenvalue weighted by Crippen LogP contribution is -2.24. The maximum absolute atomic E-state index is 12.6. The van der Waals surface area contributed by atoms with E-state index >= 15 is 0 Å². The molecule has 1 unspecified atom stereocenters. The van der Waals surface area contributed by atoms with Gasteiger partial charge in [-0.15, -0.1) is 0 Å². The molecule has 1 aliphatic heterocycles. The van der Waals surface area contributed by atoms with Gasteiger partial charge in [0.1, 0.15) is 0 Å². The molecule has 5 rings (SSSR count). The highest BCUT2D eigenvalue weighted by Crippen LogP contribution is 2.32. The Balaban J connectivity index is 1.32. The van der Waals surface area contributed by atoms with Crippen LogP contribution >= 0.6 is 0 Å². The van der Waals surface area contributed by atoms with Crippen molar-refractivity contribution >= 4 is 22.5 Å². The van der Waals surface area contributed by atoms with Crippen molar-refractivity contribution in [1.82, 2.24) is 15.1 Å². The van der Waals surface area contributed by atoms with E-state index in [1.54, 1.807) is 0 Å². The van der Waals surface area contributed by atoms with Crippen LogP contribution in [0.15, 0.2) is 59.3 Å². The molecule has 3 heterocycles. The minimum atomic E-state index is -0.0658. The number of fused-ring (bicyclic) bond motifs is 1. The van der Waals surface area contributed by atoms with Crippen molar-refractivity contribution < 1.29 is 9.32 Å². The Kier molecular flexibility index (Phi) is 4.83. The highest BCUT2D eigenvalue weighted by molar-refractivity contribution is 5.96. The van der Waals surface area contributed by atoms with E-state index < -0.39 is 0 Å². The van der Waals surface area contributed by atoms with Gasteiger partial charge >= 0.3 is 0 Å². The smallest absolute Gasteiger partial charge is 0.258 e. The predicted molar refractivity (Wildman–Crippen MR) is 116 cm³/mol. The SMILES string of the molecule is CCCCc1ccc(N2CC(c3noc(-c4ccc5cc[nH]c5c4)n3)CC2=O)cc1. The summed E-state index contributed by atoms with van der Waals surface area (Å²) in [5, 5.41) is 5.31. The van der Waals surface area contributed by atoms with Crippen LogP contribution in [0.25, 0.3) is 22.4 Å². The zero-order valence-electron chi connectivity index (χ0n) is 17.0. The van der Waals surface area contributed by atoms with Gasteiger partial charge in [-0.05, 0) is 54.1 Å². The first-order valence-electron chi connectivity index (χ1n) is 10.5. The van der Waals surface area contributed by atoms with E-state index in [9.17, 15) is 4.79 Å². The molecule has 0 saturated carbocycles. The van der Waals surface area contributed by atoms with Crippen molar-refractivity contribution in [3.8, 4) is 11.5 Å². The third-order valence-electron chi connectivity index (χ3n) is 5.80. The molecular formula is C24H24N4O2. The number of nitrogens with zero attached hydrogens (tertiary/aromatic N) is 3. The molecule has 152 valence electrons. The molecule has 0 radical (unpaired) electrons. The first kappa shape index (κ1) is 18.6. The quantitative estimate of drug-likeness (QED) is 0.490. The molecule has 2 aromatic heterocycles. The summed E-state index contributed by atoms with van der Waals surface area (Å²) >= 11 is 0. The Hall–Kier alpha value is -3.41. The first-order chi connectivity index (χ1) is 14.7. The molecule has 1 fully saturated rings. The molecule has 0 bridgehead atoms.